The molecule has 3 nitrogen and oxygen atoms in total. The SMILES string of the molecule is c1ccc([Si]2(c3ccccc3)c3ccccc3N(c3cc4ccccc4c(N4c5ccccc5[Si](c5ccccc5)(c5ccccc5)c5ccccc54)n3)c3ccccc32)cc1. The van der Waals surface area contributed by atoms with E-state index < -0.39 is 16.1 Å². The van der Waals surface area contributed by atoms with E-state index in [1.165, 1.54) is 64.2 Å². The first-order valence-electron chi connectivity index (χ1n) is 21.4. The van der Waals surface area contributed by atoms with Crippen molar-refractivity contribution in [2.24, 2.45) is 0 Å². The normalized spacial score (nSPS) is 14.3. The zero-order chi connectivity index (χ0) is 41.1. The monoisotopic (exact) mass is 823 g/mol. The van der Waals surface area contributed by atoms with Gasteiger partial charge < -0.3 is 0 Å². The predicted molar refractivity (Wildman–Crippen MR) is 265 cm³/mol. The van der Waals surface area contributed by atoms with Crippen molar-refractivity contribution in [3.8, 4) is 0 Å². The Morgan fingerprint density at radius 3 is 0.984 bits per heavy atom. The minimum atomic E-state index is -2.81. The summed E-state index contributed by atoms with van der Waals surface area (Å²) < 4.78 is 0. The second kappa shape index (κ2) is 14.6. The van der Waals surface area contributed by atoms with Crippen molar-refractivity contribution in [2.45, 2.75) is 0 Å². The smallest absolute Gasteiger partial charge is 0.184 e. The van der Waals surface area contributed by atoms with E-state index in [0.29, 0.717) is 0 Å². The number of pyridine rings is 1. The van der Waals surface area contributed by atoms with Crippen LogP contribution in [0.25, 0.3) is 10.8 Å². The molecule has 3 heterocycles. The zero-order valence-electron chi connectivity index (χ0n) is 34.0. The molecule has 0 unspecified atom stereocenters. The van der Waals surface area contributed by atoms with Gasteiger partial charge in [-0.25, -0.2) is 4.98 Å². The molecule has 292 valence electrons. The van der Waals surface area contributed by atoms with Crippen LogP contribution in [0.2, 0.25) is 0 Å². The van der Waals surface area contributed by atoms with Gasteiger partial charge in [0, 0.05) is 28.1 Å². The van der Waals surface area contributed by atoms with E-state index >= 15 is 0 Å². The molecule has 62 heavy (non-hydrogen) atoms. The van der Waals surface area contributed by atoms with Crippen LogP contribution >= 0.6 is 0 Å². The highest BCUT2D eigenvalue weighted by molar-refractivity contribution is 7.22. The average Bonchev–Trinajstić information content (AvgIpc) is 3.35. The largest absolute Gasteiger partial charge is 0.295 e. The topological polar surface area (TPSA) is 19.4 Å². The van der Waals surface area contributed by atoms with Crippen LogP contribution in [-0.4, -0.2) is 21.1 Å². The molecule has 0 bridgehead atoms. The summed E-state index contributed by atoms with van der Waals surface area (Å²) in [7, 11) is -5.62. The molecule has 10 aromatic rings. The molecule has 0 aliphatic carbocycles. The van der Waals surface area contributed by atoms with E-state index in [1.807, 2.05) is 0 Å². The lowest BCUT2D eigenvalue weighted by Crippen LogP contribution is -2.77. The van der Waals surface area contributed by atoms with Gasteiger partial charge in [-0.1, -0.05) is 218 Å². The molecule has 0 saturated heterocycles. The fraction of sp³-hybridized carbons (Fsp3) is 0. The van der Waals surface area contributed by atoms with Crippen molar-refractivity contribution < 1.29 is 0 Å². The first-order valence-corrected chi connectivity index (χ1v) is 25.4. The number of fused-ring (bicyclic) bond motifs is 5. The number of para-hydroxylation sites is 4. The van der Waals surface area contributed by atoms with Crippen LogP contribution in [0.1, 0.15) is 0 Å². The highest BCUT2D eigenvalue weighted by atomic mass is 28.3. The van der Waals surface area contributed by atoms with Gasteiger partial charge >= 0.3 is 0 Å². The van der Waals surface area contributed by atoms with E-state index in [1.54, 1.807) is 0 Å². The highest BCUT2D eigenvalue weighted by Gasteiger charge is 2.51. The van der Waals surface area contributed by atoms with E-state index in [4.69, 9.17) is 4.98 Å². The molecule has 0 N–H and O–H groups in total. The van der Waals surface area contributed by atoms with Gasteiger partial charge in [0.05, 0.1) is 0 Å². The third kappa shape index (κ3) is 5.19. The number of benzene rings is 9. The fourth-order valence-corrected chi connectivity index (χ4v) is 21.0. The van der Waals surface area contributed by atoms with Crippen LogP contribution in [0.3, 0.4) is 0 Å². The van der Waals surface area contributed by atoms with Crippen molar-refractivity contribution >= 4 is 103 Å². The summed E-state index contributed by atoms with van der Waals surface area (Å²) in [6.45, 7) is 0. The van der Waals surface area contributed by atoms with Gasteiger partial charge in [-0.05, 0) is 77.2 Å². The molecule has 2 aliphatic rings. The first-order chi connectivity index (χ1) is 30.8. The Labute approximate surface area is 364 Å². The number of hydrogen-bond acceptors (Lipinski definition) is 3. The summed E-state index contributed by atoms with van der Waals surface area (Å²) in [4.78, 5) is 10.8. The molecule has 0 fully saturated rings. The summed E-state index contributed by atoms with van der Waals surface area (Å²) >= 11 is 0. The molecule has 1 aromatic heterocycles. The summed E-state index contributed by atoms with van der Waals surface area (Å²) in [5.41, 5.74) is 4.66. The van der Waals surface area contributed by atoms with Gasteiger partial charge in [-0.3, -0.25) is 9.80 Å². The van der Waals surface area contributed by atoms with Gasteiger partial charge in [-0.2, -0.15) is 0 Å². The van der Waals surface area contributed by atoms with Gasteiger partial charge in [0.15, 0.2) is 16.1 Å². The molecule has 0 amide bonds. The minimum absolute atomic E-state index is 0.887. The van der Waals surface area contributed by atoms with Crippen LogP contribution in [0.4, 0.5) is 34.4 Å². The van der Waals surface area contributed by atoms with Gasteiger partial charge in [0.2, 0.25) is 0 Å². The molecular formula is C57H41N3Si2. The Morgan fingerprint density at radius 1 is 0.290 bits per heavy atom. The van der Waals surface area contributed by atoms with Crippen molar-refractivity contribution in [1.29, 1.82) is 0 Å². The van der Waals surface area contributed by atoms with Crippen LogP contribution in [0, 0.1) is 0 Å². The van der Waals surface area contributed by atoms with Gasteiger partial charge in [0.1, 0.15) is 11.6 Å². The lowest BCUT2D eigenvalue weighted by atomic mass is 10.1. The number of hydrogen-bond donors (Lipinski definition) is 0. The Hall–Kier alpha value is -7.58. The Balaban J connectivity index is 1.14. The van der Waals surface area contributed by atoms with Crippen LogP contribution < -0.4 is 51.3 Å². The van der Waals surface area contributed by atoms with Gasteiger partial charge in [-0.15, -0.1) is 0 Å². The fourth-order valence-electron chi connectivity index (χ4n) is 10.7. The second-order valence-electron chi connectivity index (χ2n) is 16.2. The quantitative estimate of drug-likeness (QED) is 0.157. The number of anilines is 6. The Kier molecular flexibility index (Phi) is 8.52. The summed E-state index contributed by atoms with van der Waals surface area (Å²) in [6, 6.07) is 92.3. The number of rotatable bonds is 6. The summed E-state index contributed by atoms with van der Waals surface area (Å²) in [5.74, 6) is 1.80. The van der Waals surface area contributed by atoms with Crippen molar-refractivity contribution in [3.63, 3.8) is 0 Å². The third-order valence-electron chi connectivity index (χ3n) is 13.2. The average molecular weight is 824 g/mol. The van der Waals surface area contributed by atoms with Crippen LogP contribution in [-0.2, 0) is 0 Å². The van der Waals surface area contributed by atoms with E-state index in [2.05, 4.69) is 259 Å². The highest BCUT2D eigenvalue weighted by Crippen LogP contribution is 2.44. The van der Waals surface area contributed by atoms with E-state index in [0.717, 1.165) is 22.4 Å². The third-order valence-corrected chi connectivity index (χ3v) is 22.9. The standard InChI is InChI=1S/C57H41N3Si2/c1-5-24-43(25-6-1)61(44-26-7-2-8-27-44)52-37-19-15-33-48(52)59(49-34-16-20-38-53(49)61)56-41-42-23-13-14-32-47(42)57(58-56)60-50-35-17-21-39-54(50)62(45-28-9-3-10-29-45,46-30-11-4-12-31-46)55-40-22-18-36-51(55)60/h1-41H. The summed E-state index contributed by atoms with van der Waals surface area (Å²) in [5, 5.41) is 13.1. The number of nitrogens with zero attached hydrogens (tertiary/aromatic N) is 3. The summed E-state index contributed by atoms with van der Waals surface area (Å²) in [6.07, 6.45) is 0. The molecule has 5 heteroatoms. The van der Waals surface area contributed by atoms with Crippen LogP contribution in [0.5, 0.6) is 0 Å². The Morgan fingerprint density at radius 2 is 0.597 bits per heavy atom. The maximum atomic E-state index is 5.91. The maximum Gasteiger partial charge on any atom is 0.184 e. The lowest BCUT2D eigenvalue weighted by molar-refractivity contribution is 1.15. The lowest BCUT2D eigenvalue weighted by Gasteiger charge is -2.46. The second-order valence-corrected chi connectivity index (χ2v) is 23.7. The molecular weight excluding hydrogens is 783 g/mol. The molecule has 0 atom stereocenters. The minimum Gasteiger partial charge on any atom is -0.295 e. The molecule has 9 aromatic carbocycles. The van der Waals surface area contributed by atoms with E-state index in [-0.39, 0.29) is 0 Å². The van der Waals surface area contributed by atoms with Crippen molar-refractivity contribution in [3.05, 3.63) is 249 Å². The number of aromatic nitrogens is 1. The zero-order valence-corrected chi connectivity index (χ0v) is 36.0. The van der Waals surface area contributed by atoms with Gasteiger partial charge in [0.25, 0.3) is 0 Å². The molecule has 2 aliphatic heterocycles. The molecule has 0 saturated carbocycles. The maximum absolute atomic E-state index is 5.91. The van der Waals surface area contributed by atoms with Crippen molar-refractivity contribution in [1.82, 2.24) is 4.98 Å². The van der Waals surface area contributed by atoms with E-state index in [9.17, 15) is 0 Å². The van der Waals surface area contributed by atoms with Crippen molar-refractivity contribution in [2.75, 3.05) is 9.80 Å². The van der Waals surface area contributed by atoms with Crippen LogP contribution in [0.15, 0.2) is 249 Å². The Bertz CT molecular complexity index is 3090. The predicted octanol–water partition coefficient (Wildman–Crippen LogP) is 8.56. The molecule has 12 rings (SSSR count). The first kappa shape index (κ1) is 36.3. The molecule has 0 spiro atoms. The molecule has 0 radical (unpaired) electrons.